The average Bonchev–Trinajstić information content (AvgIpc) is 3.20. The second kappa shape index (κ2) is 11.0. The predicted molar refractivity (Wildman–Crippen MR) is 136 cm³/mol. The van der Waals surface area contributed by atoms with Gasteiger partial charge in [0.15, 0.2) is 0 Å². The molecule has 2 aromatic heterocycles. The lowest BCUT2D eigenvalue weighted by atomic mass is 9.98. The lowest BCUT2D eigenvalue weighted by molar-refractivity contribution is -0.138. The molecule has 8 heteroatoms. The molecule has 0 aliphatic heterocycles. The fraction of sp³-hybridized carbons (Fsp3) is 0.370. The first-order valence-corrected chi connectivity index (χ1v) is 12.4. The van der Waals surface area contributed by atoms with Gasteiger partial charge < -0.3 is 15.0 Å². The molecule has 0 aliphatic carbocycles. The molecule has 3 aromatic rings. The van der Waals surface area contributed by atoms with Gasteiger partial charge in [-0.05, 0) is 90.6 Å². The standard InChI is InChI=1S/C27H31FN2O4S/c1-15(2)8-22(30-7-6-16(3)9-24(30)31)27(34)29-21(13-25(32)33)19-12-23(35-14-19)26-17(4)10-20(28)11-18(26)5/h6-7,9-12,14-15,21-22H,8,13H2,1-5H3,(H,29,34)(H,32,33)/t21-,22+/m1/s1. The van der Waals surface area contributed by atoms with E-state index in [0.717, 1.165) is 27.1 Å². The van der Waals surface area contributed by atoms with Crippen LogP contribution in [0.4, 0.5) is 4.39 Å². The third-order valence-electron chi connectivity index (χ3n) is 5.90. The molecule has 0 fully saturated rings. The van der Waals surface area contributed by atoms with Crippen molar-refractivity contribution in [2.75, 3.05) is 0 Å². The molecule has 3 rings (SSSR count). The Morgan fingerprint density at radius 2 is 1.77 bits per heavy atom. The van der Waals surface area contributed by atoms with E-state index < -0.39 is 24.0 Å². The molecule has 35 heavy (non-hydrogen) atoms. The summed E-state index contributed by atoms with van der Waals surface area (Å²) in [6, 6.07) is 6.49. The van der Waals surface area contributed by atoms with Crippen molar-refractivity contribution in [3.63, 3.8) is 0 Å². The number of carboxylic acid groups (broad SMARTS) is 1. The van der Waals surface area contributed by atoms with E-state index in [9.17, 15) is 23.9 Å². The summed E-state index contributed by atoms with van der Waals surface area (Å²) in [5, 5.41) is 14.2. The summed E-state index contributed by atoms with van der Waals surface area (Å²) in [5.74, 6) is -1.63. The molecular weight excluding hydrogens is 467 g/mol. The first kappa shape index (κ1) is 26.3. The van der Waals surface area contributed by atoms with Crippen LogP contribution in [0.5, 0.6) is 0 Å². The number of carbonyl (C=O) groups excluding carboxylic acids is 1. The van der Waals surface area contributed by atoms with Crippen LogP contribution >= 0.6 is 11.3 Å². The molecular formula is C27H31FN2O4S. The zero-order valence-corrected chi connectivity index (χ0v) is 21.4. The fourth-order valence-electron chi connectivity index (χ4n) is 4.30. The SMILES string of the molecule is Cc1ccn([C@@H](CC(C)C)C(=O)N[C@H](CC(=O)O)c2csc(-c3c(C)cc(F)cc3C)c2)c(=O)c1. The van der Waals surface area contributed by atoms with Crippen LogP contribution in [-0.2, 0) is 9.59 Å². The molecule has 2 N–H and O–H groups in total. The predicted octanol–water partition coefficient (Wildman–Crippen LogP) is 5.56. The van der Waals surface area contributed by atoms with Gasteiger partial charge in [0.2, 0.25) is 5.91 Å². The van der Waals surface area contributed by atoms with Crippen molar-refractivity contribution in [1.82, 2.24) is 9.88 Å². The Morgan fingerprint density at radius 3 is 2.34 bits per heavy atom. The number of rotatable bonds is 9. The smallest absolute Gasteiger partial charge is 0.305 e. The lowest BCUT2D eigenvalue weighted by Crippen LogP contribution is -2.40. The number of pyridine rings is 1. The van der Waals surface area contributed by atoms with Gasteiger partial charge in [0.05, 0.1) is 12.5 Å². The van der Waals surface area contributed by atoms with E-state index in [-0.39, 0.29) is 23.7 Å². The zero-order chi connectivity index (χ0) is 25.9. The number of amides is 1. The van der Waals surface area contributed by atoms with Gasteiger partial charge in [0, 0.05) is 17.1 Å². The highest BCUT2D eigenvalue weighted by atomic mass is 32.1. The number of hydrogen-bond acceptors (Lipinski definition) is 4. The minimum Gasteiger partial charge on any atom is -0.481 e. The van der Waals surface area contributed by atoms with Crippen molar-refractivity contribution >= 4 is 23.2 Å². The number of nitrogens with one attached hydrogen (secondary N) is 1. The molecule has 0 aliphatic rings. The molecule has 0 spiro atoms. The van der Waals surface area contributed by atoms with Gasteiger partial charge in [-0.3, -0.25) is 14.4 Å². The van der Waals surface area contributed by atoms with E-state index in [0.29, 0.717) is 12.0 Å². The highest BCUT2D eigenvalue weighted by molar-refractivity contribution is 7.13. The van der Waals surface area contributed by atoms with Gasteiger partial charge in [0.25, 0.3) is 5.56 Å². The second-order valence-electron chi connectivity index (χ2n) is 9.41. The Hall–Kier alpha value is -3.26. The van der Waals surface area contributed by atoms with Crippen LogP contribution in [0.1, 0.15) is 61.0 Å². The number of carbonyl (C=O) groups is 2. The third kappa shape index (κ3) is 6.45. The Bertz CT molecular complexity index is 1270. The number of aryl methyl sites for hydroxylation is 3. The topological polar surface area (TPSA) is 88.4 Å². The zero-order valence-electron chi connectivity index (χ0n) is 20.6. The van der Waals surface area contributed by atoms with E-state index >= 15 is 0 Å². The van der Waals surface area contributed by atoms with Crippen molar-refractivity contribution < 1.29 is 19.1 Å². The molecule has 0 saturated carbocycles. The summed E-state index contributed by atoms with van der Waals surface area (Å²) in [4.78, 5) is 38.5. The van der Waals surface area contributed by atoms with E-state index in [1.165, 1.54) is 34.1 Å². The first-order chi connectivity index (χ1) is 16.5. The summed E-state index contributed by atoms with van der Waals surface area (Å²) in [6.45, 7) is 9.40. The normalized spacial score (nSPS) is 13.0. The van der Waals surface area contributed by atoms with Gasteiger partial charge in [0.1, 0.15) is 11.9 Å². The summed E-state index contributed by atoms with van der Waals surface area (Å²) in [6.07, 6.45) is 1.73. The number of thiophene rings is 1. The Kier molecular flexibility index (Phi) is 8.27. The molecule has 0 bridgehead atoms. The summed E-state index contributed by atoms with van der Waals surface area (Å²) >= 11 is 1.42. The minimum atomic E-state index is -1.05. The number of carboxylic acids is 1. The van der Waals surface area contributed by atoms with Crippen LogP contribution in [0.3, 0.4) is 0 Å². The van der Waals surface area contributed by atoms with Crippen molar-refractivity contribution in [3.8, 4) is 10.4 Å². The van der Waals surface area contributed by atoms with Crippen LogP contribution in [0, 0.1) is 32.5 Å². The number of benzene rings is 1. The minimum absolute atomic E-state index is 0.133. The van der Waals surface area contributed by atoms with Crippen LogP contribution in [0.25, 0.3) is 10.4 Å². The maximum absolute atomic E-state index is 13.8. The molecule has 2 heterocycles. The Morgan fingerprint density at radius 1 is 1.11 bits per heavy atom. The van der Waals surface area contributed by atoms with E-state index in [4.69, 9.17) is 0 Å². The van der Waals surface area contributed by atoms with Crippen LogP contribution in [-0.4, -0.2) is 21.6 Å². The molecule has 1 amide bonds. The lowest BCUT2D eigenvalue weighted by Gasteiger charge is -2.24. The molecule has 0 saturated heterocycles. The van der Waals surface area contributed by atoms with E-state index in [2.05, 4.69) is 5.32 Å². The van der Waals surface area contributed by atoms with Gasteiger partial charge in [-0.2, -0.15) is 0 Å². The van der Waals surface area contributed by atoms with Crippen molar-refractivity contribution in [2.24, 2.45) is 5.92 Å². The largest absolute Gasteiger partial charge is 0.481 e. The number of hydrogen-bond donors (Lipinski definition) is 2. The third-order valence-corrected chi connectivity index (χ3v) is 6.86. The van der Waals surface area contributed by atoms with Crippen molar-refractivity contribution in [2.45, 2.75) is 59.5 Å². The summed E-state index contributed by atoms with van der Waals surface area (Å²) < 4.78 is 15.2. The van der Waals surface area contributed by atoms with Crippen LogP contribution in [0.2, 0.25) is 0 Å². The molecule has 186 valence electrons. The first-order valence-electron chi connectivity index (χ1n) is 11.5. The van der Waals surface area contributed by atoms with Gasteiger partial charge in [-0.25, -0.2) is 4.39 Å². The van der Waals surface area contributed by atoms with Crippen LogP contribution in [0.15, 0.2) is 46.7 Å². The van der Waals surface area contributed by atoms with Gasteiger partial charge in [-0.1, -0.05) is 13.8 Å². The van der Waals surface area contributed by atoms with E-state index in [1.54, 1.807) is 12.3 Å². The number of nitrogens with zero attached hydrogens (tertiary/aromatic N) is 1. The highest BCUT2D eigenvalue weighted by Gasteiger charge is 2.27. The quantitative estimate of drug-likeness (QED) is 0.404. The molecule has 0 unspecified atom stereocenters. The maximum Gasteiger partial charge on any atom is 0.305 e. The highest BCUT2D eigenvalue weighted by Crippen LogP contribution is 2.35. The average molecular weight is 499 g/mol. The maximum atomic E-state index is 13.8. The molecule has 1 aromatic carbocycles. The van der Waals surface area contributed by atoms with Gasteiger partial charge >= 0.3 is 5.97 Å². The number of aromatic nitrogens is 1. The monoisotopic (exact) mass is 498 g/mol. The summed E-state index contributed by atoms with van der Waals surface area (Å²) in [7, 11) is 0. The number of halogens is 1. The summed E-state index contributed by atoms with van der Waals surface area (Å²) in [5.41, 5.74) is 3.64. The molecule has 2 atom stereocenters. The number of aliphatic carboxylic acids is 1. The fourth-order valence-corrected chi connectivity index (χ4v) is 5.44. The Balaban J connectivity index is 1.94. The molecule has 6 nitrogen and oxygen atoms in total. The second-order valence-corrected chi connectivity index (χ2v) is 10.3. The van der Waals surface area contributed by atoms with Crippen molar-refractivity contribution in [1.29, 1.82) is 0 Å². The van der Waals surface area contributed by atoms with E-state index in [1.807, 2.05) is 46.1 Å². The Labute approximate surface area is 208 Å². The van der Waals surface area contributed by atoms with Gasteiger partial charge in [-0.15, -0.1) is 11.3 Å². The van der Waals surface area contributed by atoms with Crippen molar-refractivity contribution in [3.05, 3.63) is 80.3 Å². The molecule has 0 radical (unpaired) electrons. The van der Waals surface area contributed by atoms with Crippen LogP contribution < -0.4 is 10.9 Å².